The van der Waals surface area contributed by atoms with Gasteiger partial charge in [0.05, 0.1) is 23.4 Å². The standard InChI is InChI=1S/C20H22N2O4/c1-3-12-21-19(23)15-8-4-6-10-17(15)22-20(24)16-9-5-7-11-18(16)26-14-13-25-2/h3-11H,1,12-14H2,2H3,(H,21,23)(H,22,24). The molecule has 0 aliphatic heterocycles. The van der Waals surface area contributed by atoms with Crippen molar-refractivity contribution in [1.82, 2.24) is 5.32 Å². The van der Waals surface area contributed by atoms with Crippen LogP contribution in [-0.2, 0) is 4.74 Å². The van der Waals surface area contributed by atoms with Crippen molar-refractivity contribution < 1.29 is 19.1 Å². The highest BCUT2D eigenvalue weighted by Crippen LogP contribution is 2.21. The molecule has 0 heterocycles. The summed E-state index contributed by atoms with van der Waals surface area (Å²) in [6, 6.07) is 13.7. The number of carbonyl (C=O) groups excluding carboxylic acids is 2. The summed E-state index contributed by atoms with van der Waals surface area (Å²) in [5, 5.41) is 5.48. The normalized spacial score (nSPS) is 10.0. The second kappa shape index (κ2) is 10.0. The molecule has 0 saturated carbocycles. The van der Waals surface area contributed by atoms with E-state index in [2.05, 4.69) is 17.2 Å². The fraction of sp³-hybridized carbons (Fsp3) is 0.200. The molecule has 0 aliphatic carbocycles. The molecule has 2 rings (SSSR count). The highest BCUT2D eigenvalue weighted by atomic mass is 16.5. The van der Waals surface area contributed by atoms with Gasteiger partial charge >= 0.3 is 0 Å². The highest BCUT2D eigenvalue weighted by Gasteiger charge is 2.16. The molecule has 0 saturated heterocycles. The number of hydrogen-bond donors (Lipinski definition) is 2. The second-order valence-corrected chi connectivity index (χ2v) is 5.34. The van der Waals surface area contributed by atoms with Gasteiger partial charge < -0.3 is 20.1 Å². The van der Waals surface area contributed by atoms with Crippen LogP contribution in [-0.4, -0.2) is 38.7 Å². The Bertz CT molecular complexity index is 774. The van der Waals surface area contributed by atoms with E-state index in [-0.39, 0.29) is 11.8 Å². The molecule has 2 aromatic rings. The third kappa shape index (κ3) is 5.19. The number of para-hydroxylation sites is 2. The number of benzene rings is 2. The van der Waals surface area contributed by atoms with Crippen LogP contribution in [0.3, 0.4) is 0 Å². The molecule has 0 aromatic heterocycles. The third-order valence-electron chi connectivity index (χ3n) is 3.50. The lowest BCUT2D eigenvalue weighted by molar-refractivity contribution is 0.0959. The summed E-state index contributed by atoms with van der Waals surface area (Å²) in [4.78, 5) is 24.9. The summed E-state index contributed by atoms with van der Waals surface area (Å²) in [5.41, 5.74) is 1.18. The Labute approximate surface area is 152 Å². The number of nitrogens with one attached hydrogen (secondary N) is 2. The van der Waals surface area contributed by atoms with Gasteiger partial charge in [-0.3, -0.25) is 9.59 Å². The van der Waals surface area contributed by atoms with Gasteiger partial charge in [-0.05, 0) is 24.3 Å². The summed E-state index contributed by atoms with van der Waals surface area (Å²) in [5.74, 6) is -0.192. The number of hydrogen-bond acceptors (Lipinski definition) is 4. The van der Waals surface area contributed by atoms with Crippen molar-refractivity contribution in [1.29, 1.82) is 0 Å². The quantitative estimate of drug-likeness (QED) is 0.536. The van der Waals surface area contributed by atoms with Crippen molar-refractivity contribution in [3.63, 3.8) is 0 Å². The molecule has 6 nitrogen and oxygen atoms in total. The molecule has 0 radical (unpaired) electrons. The van der Waals surface area contributed by atoms with Crippen molar-refractivity contribution in [2.24, 2.45) is 0 Å². The van der Waals surface area contributed by atoms with E-state index in [1.165, 1.54) is 0 Å². The van der Waals surface area contributed by atoms with Crippen LogP contribution in [0.15, 0.2) is 61.2 Å². The minimum absolute atomic E-state index is 0.287. The molecule has 26 heavy (non-hydrogen) atoms. The SMILES string of the molecule is C=CCNC(=O)c1ccccc1NC(=O)c1ccccc1OCCOC. The minimum atomic E-state index is -0.359. The first-order chi connectivity index (χ1) is 12.7. The predicted molar refractivity (Wildman–Crippen MR) is 101 cm³/mol. The topological polar surface area (TPSA) is 76.7 Å². The average Bonchev–Trinajstić information content (AvgIpc) is 2.67. The molecule has 0 unspecified atom stereocenters. The first kappa shape index (κ1) is 19.2. The van der Waals surface area contributed by atoms with E-state index in [9.17, 15) is 9.59 Å². The van der Waals surface area contributed by atoms with Crippen LogP contribution in [0.25, 0.3) is 0 Å². The van der Waals surface area contributed by atoms with E-state index >= 15 is 0 Å². The summed E-state index contributed by atoms with van der Waals surface area (Å²) in [6.45, 7) is 4.67. The molecule has 6 heteroatoms. The van der Waals surface area contributed by atoms with Gasteiger partial charge in [0.15, 0.2) is 0 Å². The second-order valence-electron chi connectivity index (χ2n) is 5.34. The van der Waals surface area contributed by atoms with Crippen LogP contribution < -0.4 is 15.4 Å². The first-order valence-electron chi connectivity index (χ1n) is 8.17. The molecule has 136 valence electrons. The maximum atomic E-state index is 12.7. The third-order valence-corrected chi connectivity index (χ3v) is 3.50. The Kier molecular flexibility index (Phi) is 7.39. The van der Waals surface area contributed by atoms with Gasteiger partial charge in [-0.25, -0.2) is 0 Å². The zero-order valence-corrected chi connectivity index (χ0v) is 14.7. The van der Waals surface area contributed by atoms with Gasteiger partial charge in [-0.2, -0.15) is 0 Å². The van der Waals surface area contributed by atoms with E-state index in [1.54, 1.807) is 61.7 Å². The average molecular weight is 354 g/mol. The number of anilines is 1. The maximum absolute atomic E-state index is 12.7. The summed E-state index contributed by atoms with van der Waals surface area (Å²) in [7, 11) is 1.58. The van der Waals surface area contributed by atoms with E-state index in [1.807, 2.05) is 0 Å². The Balaban J connectivity index is 2.18. The number of ether oxygens (including phenoxy) is 2. The summed E-state index contributed by atoms with van der Waals surface area (Å²) >= 11 is 0. The van der Waals surface area contributed by atoms with E-state index in [0.29, 0.717) is 42.3 Å². The van der Waals surface area contributed by atoms with Gasteiger partial charge in [-0.1, -0.05) is 30.3 Å². The Morgan fingerprint density at radius 2 is 1.69 bits per heavy atom. The largest absolute Gasteiger partial charge is 0.490 e. The van der Waals surface area contributed by atoms with Gasteiger partial charge in [0.25, 0.3) is 11.8 Å². The predicted octanol–water partition coefficient (Wildman–Crippen LogP) is 2.88. The number of amides is 2. The Morgan fingerprint density at radius 1 is 1.00 bits per heavy atom. The molecule has 2 N–H and O–H groups in total. The molecular formula is C20H22N2O4. The van der Waals surface area contributed by atoms with Crippen LogP contribution in [0.2, 0.25) is 0 Å². The molecule has 0 atom stereocenters. The Morgan fingerprint density at radius 3 is 2.42 bits per heavy atom. The van der Waals surface area contributed by atoms with E-state index in [4.69, 9.17) is 9.47 Å². The van der Waals surface area contributed by atoms with Crippen molar-refractivity contribution in [3.8, 4) is 5.75 Å². The van der Waals surface area contributed by atoms with Crippen molar-refractivity contribution in [2.45, 2.75) is 0 Å². The van der Waals surface area contributed by atoms with Gasteiger partial charge in [0.2, 0.25) is 0 Å². The maximum Gasteiger partial charge on any atom is 0.259 e. The smallest absolute Gasteiger partial charge is 0.259 e. The molecule has 0 fully saturated rings. The summed E-state index contributed by atoms with van der Waals surface area (Å²) in [6.07, 6.45) is 1.59. The van der Waals surface area contributed by atoms with Gasteiger partial charge in [-0.15, -0.1) is 6.58 Å². The molecule has 2 aromatic carbocycles. The van der Waals surface area contributed by atoms with E-state index < -0.39 is 0 Å². The fourth-order valence-electron chi connectivity index (χ4n) is 2.25. The van der Waals surface area contributed by atoms with E-state index in [0.717, 1.165) is 0 Å². The lowest BCUT2D eigenvalue weighted by Crippen LogP contribution is -2.25. The Hall–Kier alpha value is -3.12. The van der Waals surface area contributed by atoms with Crippen LogP contribution in [0.1, 0.15) is 20.7 Å². The van der Waals surface area contributed by atoms with Crippen molar-refractivity contribution in [2.75, 3.05) is 32.2 Å². The lowest BCUT2D eigenvalue weighted by atomic mass is 10.1. The van der Waals surface area contributed by atoms with Crippen molar-refractivity contribution >= 4 is 17.5 Å². The summed E-state index contributed by atoms with van der Waals surface area (Å²) < 4.78 is 10.5. The van der Waals surface area contributed by atoms with Crippen molar-refractivity contribution in [3.05, 3.63) is 72.3 Å². The minimum Gasteiger partial charge on any atom is -0.490 e. The fourth-order valence-corrected chi connectivity index (χ4v) is 2.25. The number of methoxy groups -OCH3 is 1. The molecule has 0 bridgehead atoms. The van der Waals surface area contributed by atoms with Crippen LogP contribution in [0, 0.1) is 0 Å². The zero-order valence-electron chi connectivity index (χ0n) is 14.7. The van der Waals surface area contributed by atoms with Crippen LogP contribution in [0.5, 0.6) is 5.75 Å². The molecule has 0 aliphatic rings. The molecule has 0 spiro atoms. The highest BCUT2D eigenvalue weighted by molar-refractivity contribution is 6.10. The number of rotatable bonds is 9. The lowest BCUT2D eigenvalue weighted by Gasteiger charge is -2.13. The van der Waals surface area contributed by atoms with Crippen LogP contribution in [0.4, 0.5) is 5.69 Å². The molecule has 2 amide bonds. The van der Waals surface area contributed by atoms with Gasteiger partial charge in [0.1, 0.15) is 12.4 Å². The number of carbonyl (C=O) groups is 2. The van der Waals surface area contributed by atoms with Crippen LogP contribution >= 0.6 is 0 Å². The van der Waals surface area contributed by atoms with Gasteiger partial charge in [0, 0.05) is 13.7 Å². The first-order valence-corrected chi connectivity index (χ1v) is 8.17. The monoisotopic (exact) mass is 354 g/mol. The molecular weight excluding hydrogens is 332 g/mol. The zero-order chi connectivity index (χ0) is 18.8.